The van der Waals surface area contributed by atoms with Crippen molar-refractivity contribution in [1.29, 1.82) is 0 Å². The third kappa shape index (κ3) is 8.80. The summed E-state index contributed by atoms with van der Waals surface area (Å²) in [7, 11) is 0. The molecule has 0 radical (unpaired) electrons. The van der Waals surface area contributed by atoms with Crippen LogP contribution in [0.25, 0.3) is 10.8 Å². The predicted octanol–water partition coefficient (Wildman–Crippen LogP) is 9.04. The van der Waals surface area contributed by atoms with Gasteiger partial charge in [-0.3, -0.25) is 0 Å². The molecule has 2 aliphatic rings. The Balaban J connectivity index is 0.000000120. The molecule has 31 heavy (non-hydrogen) atoms. The summed E-state index contributed by atoms with van der Waals surface area (Å²) in [5.74, 6) is 0. The number of aryl methyl sites for hydroxylation is 2. The summed E-state index contributed by atoms with van der Waals surface area (Å²) in [5, 5.41) is 2.62. The second kappa shape index (κ2) is 14.2. The zero-order chi connectivity index (χ0) is 21.4. The van der Waals surface area contributed by atoms with Crippen LogP contribution in [0, 0.1) is 0 Å². The highest BCUT2D eigenvalue weighted by molar-refractivity contribution is 5.82. The van der Waals surface area contributed by atoms with Gasteiger partial charge < -0.3 is 0 Å². The number of fused-ring (bicyclic) bond motifs is 2. The normalized spacial score (nSPS) is 13.9. The standard InChI is InChI=1S/C10H8.C9H10.C6H12.C6H6/c1-2-6-10-8-4-3-7-9(10)5-1;1-2-5-9-7-3-6-8(9)4-1;2*1-2-4-6-5-3-1/h1-8H;1-2,4-5H,3,6-7H2;1-6H2;1-6H. The predicted molar refractivity (Wildman–Crippen MR) is 137 cm³/mol. The lowest BCUT2D eigenvalue weighted by atomic mass is 10.0. The third-order valence-corrected chi connectivity index (χ3v) is 5.84. The molecule has 0 nitrogen and oxygen atoms in total. The van der Waals surface area contributed by atoms with Gasteiger partial charge in [-0.15, -0.1) is 0 Å². The van der Waals surface area contributed by atoms with Crippen LogP contribution in [0.5, 0.6) is 0 Å². The molecule has 0 aromatic heterocycles. The van der Waals surface area contributed by atoms with Crippen molar-refractivity contribution >= 4 is 10.8 Å². The highest BCUT2D eigenvalue weighted by atomic mass is 14.1. The molecule has 0 heterocycles. The lowest BCUT2D eigenvalue weighted by molar-refractivity contribution is 0.504. The molecule has 0 saturated heterocycles. The van der Waals surface area contributed by atoms with Crippen LogP contribution in [0.3, 0.4) is 0 Å². The minimum atomic E-state index is 1.30. The molecular weight excluding hydrogens is 372 g/mol. The fraction of sp³-hybridized carbons (Fsp3) is 0.290. The van der Waals surface area contributed by atoms with E-state index in [0.717, 1.165) is 0 Å². The number of benzene rings is 4. The summed E-state index contributed by atoms with van der Waals surface area (Å²) >= 11 is 0. The molecule has 0 bridgehead atoms. The van der Waals surface area contributed by atoms with E-state index in [-0.39, 0.29) is 0 Å². The Morgan fingerprint density at radius 1 is 0.290 bits per heavy atom. The maximum absolute atomic E-state index is 2.24. The highest BCUT2D eigenvalue weighted by Crippen LogP contribution is 2.20. The largest absolute Gasteiger partial charge is 0.0623 e. The molecule has 6 rings (SSSR count). The van der Waals surface area contributed by atoms with E-state index in [4.69, 9.17) is 0 Å². The molecule has 0 amide bonds. The topological polar surface area (TPSA) is 0 Å². The number of hydrogen-bond donors (Lipinski definition) is 0. The van der Waals surface area contributed by atoms with Crippen molar-refractivity contribution in [1.82, 2.24) is 0 Å². The molecule has 0 heteroatoms. The van der Waals surface area contributed by atoms with Gasteiger partial charge in [0, 0.05) is 0 Å². The van der Waals surface area contributed by atoms with Gasteiger partial charge in [0.05, 0.1) is 0 Å². The lowest BCUT2D eigenvalue weighted by Gasteiger charge is -2.05. The van der Waals surface area contributed by atoms with Crippen LogP contribution in [0.15, 0.2) is 109 Å². The Morgan fingerprint density at radius 2 is 0.581 bits per heavy atom. The minimum absolute atomic E-state index is 1.30. The van der Waals surface area contributed by atoms with Gasteiger partial charge in [0.1, 0.15) is 0 Å². The summed E-state index contributed by atoms with van der Waals surface area (Å²) in [6.07, 6.45) is 13.0. The SMILES string of the molecule is C1CCCCC1.c1ccc2c(c1)CCC2.c1ccc2ccccc2c1.c1ccccc1. The van der Waals surface area contributed by atoms with Gasteiger partial charge in [0.25, 0.3) is 0 Å². The third-order valence-electron chi connectivity index (χ3n) is 5.84. The van der Waals surface area contributed by atoms with Crippen LogP contribution in [-0.2, 0) is 12.8 Å². The van der Waals surface area contributed by atoms with Crippen molar-refractivity contribution in [2.75, 3.05) is 0 Å². The van der Waals surface area contributed by atoms with Gasteiger partial charge in [-0.05, 0) is 41.2 Å². The summed E-state index contributed by atoms with van der Waals surface area (Å²) in [4.78, 5) is 0. The van der Waals surface area contributed by atoms with Gasteiger partial charge >= 0.3 is 0 Å². The first-order valence-electron chi connectivity index (χ1n) is 11.9. The van der Waals surface area contributed by atoms with Crippen LogP contribution in [0.4, 0.5) is 0 Å². The second-order valence-electron chi connectivity index (χ2n) is 8.25. The first-order valence-corrected chi connectivity index (χ1v) is 11.9. The molecule has 4 aromatic carbocycles. The van der Waals surface area contributed by atoms with Crippen LogP contribution in [0.2, 0.25) is 0 Å². The van der Waals surface area contributed by atoms with Gasteiger partial charge in [0.15, 0.2) is 0 Å². The fourth-order valence-electron chi connectivity index (χ4n) is 4.09. The van der Waals surface area contributed by atoms with Crippen molar-refractivity contribution in [2.24, 2.45) is 0 Å². The summed E-state index contributed by atoms with van der Waals surface area (Å²) in [5.41, 5.74) is 3.13. The summed E-state index contributed by atoms with van der Waals surface area (Å²) < 4.78 is 0. The second-order valence-corrected chi connectivity index (χ2v) is 8.25. The number of hydrogen-bond acceptors (Lipinski definition) is 0. The van der Waals surface area contributed by atoms with E-state index in [2.05, 4.69) is 72.8 Å². The number of rotatable bonds is 0. The molecular formula is C31H36. The fourth-order valence-corrected chi connectivity index (χ4v) is 4.09. The smallest absolute Gasteiger partial charge is 0.0184 e. The Morgan fingerprint density at radius 3 is 0.903 bits per heavy atom. The van der Waals surface area contributed by atoms with Crippen LogP contribution >= 0.6 is 0 Å². The molecule has 0 aliphatic heterocycles. The quantitative estimate of drug-likeness (QED) is 0.272. The van der Waals surface area contributed by atoms with Crippen molar-refractivity contribution < 1.29 is 0 Å². The van der Waals surface area contributed by atoms with E-state index in [1.54, 1.807) is 11.1 Å². The summed E-state index contributed by atoms with van der Waals surface area (Å²) in [6, 6.07) is 37.4. The monoisotopic (exact) mass is 408 g/mol. The maximum atomic E-state index is 2.24. The maximum Gasteiger partial charge on any atom is -0.0184 e. The molecule has 0 unspecified atom stereocenters. The van der Waals surface area contributed by atoms with Gasteiger partial charge in [-0.2, -0.15) is 0 Å². The van der Waals surface area contributed by atoms with E-state index in [1.165, 1.54) is 68.6 Å². The Hall–Kier alpha value is -2.86. The van der Waals surface area contributed by atoms with Gasteiger partial charge in [-0.25, -0.2) is 0 Å². The molecule has 1 fully saturated rings. The van der Waals surface area contributed by atoms with Crippen LogP contribution in [0.1, 0.15) is 56.1 Å². The lowest BCUT2D eigenvalue weighted by Crippen LogP contribution is -1.85. The molecule has 4 aromatic rings. The highest BCUT2D eigenvalue weighted by Gasteiger charge is 2.07. The molecule has 2 aliphatic carbocycles. The van der Waals surface area contributed by atoms with E-state index in [9.17, 15) is 0 Å². The molecule has 1 saturated carbocycles. The minimum Gasteiger partial charge on any atom is -0.0623 e. The van der Waals surface area contributed by atoms with Crippen molar-refractivity contribution in [3.8, 4) is 0 Å². The van der Waals surface area contributed by atoms with E-state index in [1.807, 2.05) is 36.4 Å². The Labute approximate surface area is 189 Å². The zero-order valence-corrected chi connectivity index (χ0v) is 18.8. The molecule has 0 spiro atoms. The average molecular weight is 409 g/mol. The Bertz CT molecular complexity index is 840. The van der Waals surface area contributed by atoms with Crippen molar-refractivity contribution in [2.45, 2.75) is 57.8 Å². The van der Waals surface area contributed by atoms with Crippen molar-refractivity contribution in [3.63, 3.8) is 0 Å². The van der Waals surface area contributed by atoms with Crippen LogP contribution < -0.4 is 0 Å². The molecule has 160 valence electrons. The molecule has 0 N–H and O–H groups in total. The van der Waals surface area contributed by atoms with Gasteiger partial charge in [-0.1, -0.05) is 148 Å². The van der Waals surface area contributed by atoms with Gasteiger partial charge in [0.2, 0.25) is 0 Å². The van der Waals surface area contributed by atoms with Crippen LogP contribution in [-0.4, -0.2) is 0 Å². The average Bonchev–Trinajstić information content (AvgIpc) is 3.37. The first-order chi connectivity index (χ1) is 15.4. The zero-order valence-electron chi connectivity index (χ0n) is 18.8. The first kappa shape index (κ1) is 22.8. The Kier molecular flexibility index (Phi) is 10.5. The van der Waals surface area contributed by atoms with E-state index < -0.39 is 0 Å². The summed E-state index contributed by atoms with van der Waals surface area (Å²) in [6.45, 7) is 0. The molecule has 0 atom stereocenters. The van der Waals surface area contributed by atoms with Crippen molar-refractivity contribution in [3.05, 3.63) is 120 Å². The van der Waals surface area contributed by atoms with E-state index in [0.29, 0.717) is 0 Å². The van der Waals surface area contributed by atoms with E-state index >= 15 is 0 Å².